The summed E-state index contributed by atoms with van der Waals surface area (Å²) in [5.41, 5.74) is 7.10. The summed E-state index contributed by atoms with van der Waals surface area (Å²) in [5, 5.41) is 0. The first-order valence-corrected chi connectivity index (χ1v) is 6.64. The lowest BCUT2D eigenvalue weighted by Crippen LogP contribution is -2.38. The maximum atomic E-state index is 5.95. The number of ether oxygens (including phenoxy) is 1. The minimum absolute atomic E-state index is 0.405. The topological polar surface area (TPSA) is 51.4 Å². The molecule has 0 amide bonds. The summed E-state index contributed by atoms with van der Waals surface area (Å²) < 4.78 is 5.29. The van der Waals surface area contributed by atoms with E-state index in [4.69, 9.17) is 10.5 Å². The van der Waals surface area contributed by atoms with E-state index in [0.29, 0.717) is 12.1 Å². The van der Waals surface area contributed by atoms with Gasteiger partial charge in [0.1, 0.15) is 0 Å². The molecule has 1 saturated carbocycles. The smallest absolute Gasteiger partial charge is 0.217 e. The number of hydrogen-bond acceptors (Lipinski definition) is 4. The van der Waals surface area contributed by atoms with E-state index in [2.05, 4.69) is 23.0 Å². The molecule has 1 aliphatic carbocycles. The standard InChI is InChI=1S/C14H23N3O/c1-17(13-7-5-12(15)6-8-13)10-11-4-3-9-16-14(11)18-2/h3-4,9,12-13H,5-8,10,15H2,1-2H3. The SMILES string of the molecule is COc1ncccc1CN(C)C1CCC(N)CC1. The third-order valence-electron chi connectivity index (χ3n) is 3.83. The summed E-state index contributed by atoms with van der Waals surface area (Å²) in [5.74, 6) is 0.733. The molecule has 0 radical (unpaired) electrons. The summed E-state index contributed by atoms with van der Waals surface area (Å²) in [4.78, 5) is 6.63. The highest BCUT2D eigenvalue weighted by Gasteiger charge is 2.22. The lowest BCUT2D eigenvalue weighted by molar-refractivity contribution is 0.174. The van der Waals surface area contributed by atoms with E-state index in [1.807, 2.05) is 6.07 Å². The maximum absolute atomic E-state index is 5.95. The highest BCUT2D eigenvalue weighted by Crippen LogP contribution is 2.24. The van der Waals surface area contributed by atoms with Gasteiger partial charge in [-0.15, -0.1) is 0 Å². The van der Waals surface area contributed by atoms with Crippen molar-refractivity contribution in [2.24, 2.45) is 5.73 Å². The third kappa shape index (κ3) is 3.21. The zero-order chi connectivity index (χ0) is 13.0. The fraction of sp³-hybridized carbons (Fsp3) is 0.643. The summed E-state index contributed by atoms with van der Waals surface area (Å²) in [6, 6.07) is 5.08. The highest BCUT2D eigenvalue weighted by molar-refractivity contribution is 5.25. The van der Waals surface area contributed by atoms with Crippen molar-refractivity contribution in [1.29, 1.82) is 0 Å². The number of nitrogens with zero attached hydrogens (tertiary/aromatic N) is 2. The van der Waals surface area contributed by atoms with Crippen molar-refractivity contribution in [3.05, 3.63) is 23.9 Å². The minimum atomic E-state index is 0.405. The molecule has 0 spiro atoms. The average Bonchev–Trinajstić information content (AvgIpc) is 2.40. The molecule has 0 aromatic carbocycles. The predicted molar refractivity (Wildman–Crippen MR) is 72.5 cm³/mol. The first kappa shape index (κ1) is 13.3. The van der Waals surface area contributed by atoms with Crippen LogP contribution in [0.3, 0.4) is 0 Å². The van der Waals surface area contributed by atoms with Crippen LogP contribution in [0.2, 0.25) is 0 Å². The van der Waals surface area contributed by atoms with E-state index >= 15 is 0 Å². The molecule has 2 rings (SSSR count). The van der Waals surface area contributed by atoms with Gasteiger partial charge in [0.2, 0.25) is 5.88 Å². The van der Waals surface area contributed by atoms with E-state index in [0.717, 1.165) is 30.8 Å². The predicted octanol–water partition coefficient (Wildman–Crippen LogP) is 1.79. The first-order chi connectivity index (χ1) is 8.70. The second-order valence-electron chi connectivity index (χ2n) is 5.16. The Morgan fingerprint density at radius 2 is 2.11 bits per heavy atom. The molecular formula is C14H23N3O. The molecule has 18 heavy (non-hydrogen) atoms. The zero-order valence-electron chi connectivity index (χ0n) is 11.3. The van der Waals surface area contributed by atoms with Gasteiger partial charge >= 0.3 is 0 Å². The number of rotatable bonds is 4. The fourth-order valence-corrected chi connectivity index (χ4v) is 2.67. The van der Waals surface area contributed by atoms with Crippen LogP contribution in [0.1, 0.15) is 31.2 Å². The van der Waals surface area contributed by atoms with Crippen LogP contribution < -0.4 is 10.5 Å². The number of pyridine rings is 1. The highest BCUT2D eigenvalue weighted by atomic mass is 16.5. The summed E-state index contributed by atoms with van der Waals surface area (Å²) in [6.07, 6.45) is 6.43. The van der Waals surface area contributed by atoms with Crippen molar-refractivity contribution >= 4 is 0 Å². The Bertz CT molecular complexity index is 375. The molecule has 1 fully saturated rings. The van der Waals surface area contributed by atoms with Crippen LogP contribution in [0.15, 0.2) is 18.3 Å². The molecule has 2 N–H and O–H groups in total. The summed E-state index contributed by atoms with van der Waals surface area (Å²) in [7, 11) is 3.85. The van der Waals surface area contributed by atoms with Crippen LogP contribution in [0, 0.1) is 0 Å². The van der Waals surface area contributed by atoms with Crippen molar-refractivity contribution in [1.82, 2.24) is 9.88 Å². The molecule has 4 nitrogen and oxygen atoms in total. The van der Waals surface area contributed by atoms with Crippen LogP contribution in [0.5, 0.6) is 5.88 Å². The molecule has 100 valence electrons. The van der Waals surface area contributed by atoms with E-state index < -0.39 is 0 Å². The number of methoxy groups -OCH3 is 1. The van der Waals surface area contributed by atoms with E-state index in [1.165, 1.54) is 12.8 Å². The van der Waals surface area contributed by atoms with Gasteiger partial charge in [-0.25, -0.2) is 4.98 Å². The number of hydrogen-bond donors (Lipinski definition) is 1. The minimum Gasteiger partial charge on any atom is -0.481 e. The molecule has 0 bridgehead atoms. The van der Waals surface area contributed by atoms with Crippen molar-refractivity contribution in [2.45, 2.75) is 44.3 Å². The fourth-order valence-electron chi connectivity index (χ4n) is 2.67. The Balaban J connectivity index is 1.96. The molecule has 1 heterocycles. The monoisotopic (exact) mass is 249 g/mol. The van der Waals surface area contributed by atoms with Gasteiger partial charge < -0.3 is 10.5 Å². The Labute approximate surface area is 109 Å². The molecule has 1 aliphatic rings. The third-order valence-corrected chi connectivity index (χ3v) is 3.83. The lowest BCUT2D eigenvalue weighted by atomic mass is 9.91. The Morgan fingerprint density at radius 3 is 2.78 bits per heavy atom. The van der Waals surface area contributed by atoms with Crippen LogP contribution in [-0.2, 0) is 6.54 Å². The van der Waals surface area contributed by atoms with Gasteiger partial charge in [-0.1, -0.05) is 6.07 Å². The van der Waals surface area contributed by atoms with Gasteiger partial charge in [-0.2, -0.15) is 0 Å². The molecule has 0 saturated heterocycles. The second kappa shape index (κ2) is 6.16. The van der Waals surface area contributed by atoms with Gasteiger partial charge in [0.05, 0.1) is 7.11 Å². The van der Waals surface area contributed by atoms with Crippen LogP contribution >= 0.6 is 0 Å². The quantitative estimate of drug-likeness (QED) is 0.884. The maximum Gasteiger partial charge on any atom is 0.217 e. The van der Waals surface area contributed by atoms with E-state index in [9.17, 15) is 0 Å². The van der Waals surface area contributed by atoms with Gasteiger partial charge in [-0.05, 0) is 38.8 Å². The van der Waals surface area contributed by atoms with Crippen molar-refractivity contribution < 1.29 is 4.74 Å². The first-order valence-electron chi connectivity index (χ1n) is 6.64. The van der Waals surface area contributed by atoms with Crippen LogP contribution in [-0.4, -0.2) is 36.1 Å². The largest absolute Gasteiger partial charge is 0.481 e. The van der Waals surface area contributed by atoms with Crippen molar-refractivity contribution in [2.75, 3.05) is 14.2 Å². The normalized spacial score (nSPS) is 24.2. The molecule has 0 atom stereocenters. The number of aromatic nitrogens is 1. The van der Waals surface area contributed by atoms with Crippen molar-refractivity contribution in [3.8, 4) is 5.88 Å². The summed E-state index contributed by atoms with van der Waals surface area (Å²) in [6.45, 7) is 0.886. The summed E-state index contributed by atoms with van der Waals surface area (Å²) >= 11 is 0. The molecule has 0 aliphatic heterocycles. The van der Waals surface area contributed by atoms with E-state index in [1.54, 1.807) is 13.3 Å². The van der Waals surface area contributed by atoms with E-state index in [-0.39, 0.29) is 0 Å². The van der Waals surface area contributed by atoms with Gasteiger partial charge in [0, 0.05) is 30.4 Å². The van der Waals surface area contributed by atoms with Gasteiger partial charge in [-0.3, -0.25) is 4.90 Å². The van der Waals surface area contributed by atoms with Crippen molar-refractivity contribution in [3.63, 3.8) is 0 Å². The molecular weight excluding hydrogens is 226 g/mol. The molecule has 1 aromatic heterocycles. The van der Waals surface area contributed by atoms with Crippen LogP contribution in [0.25, 0.3) is 0 Å². The molecule has 1 aromatic rings. The van der Waals surface area contributed by atoms with Gasteiger partial charge in [0.25, 0.3) is 0 Å². The molecule has 4 heteroatoms. The van der Waals surface area contributed by atoms with Crippen LogP contribution in [0.4, 0.5) is 0 Å². The van der Waals surface area contributed by atoms with Gasteiger partial charge in [0.15, 0.2) is 0 Å². The molecule has 0 unspecified atom stereocenters. The Hall–Kier alpha value is -1.13. The average molecular weight is 249 g/mol. The Kier molecular flexibility index (Phi) is 4.55. The number of nitrogens with two attached hydrogens (primary N) is 1. The lowest BCUT2D eigenvalue weighted by Gasteiger charge is -2.33. The Morgan fingerprint density at radius 1 is 1.39 bits per heavy atom. The zero-order valence-corrected chi connectivity index (χ0v) is 11.3. The second-order valence-corrected chi connectivity index (χ2v) is 5.16.